The number of aromatic nitrogens is 6. The normalized spacial score (nSPS) is 12.6. The highest BCUT2D eigenvalue weighted by Crippen LogP contribution is 2.26. The van der Waals surface area contributed by atoms with Crippen LogP contribution in [0, 0.1) is 23.3 Å². The van der Waals surface area contributed by atoms with E-state index in [0.29, 0.717) is 17.5 Å². The van der Waals surface area contributed by atoms with Crippen molar-refractivity contribution in [1.82, 2.24) is 29.9 Å². The van der Waals surface area contributed by atoms with Crippen LogP contribution in [-0.4, -0.2) is 103 Å². The zero-order valence-corrected chi connectivity index (χ0v) is 36.8. The van der Waals surface area contributed by atoms with E-state index in [4.69, 9.17) is 35.6 Å². The maximum absolute atomic E-state index is 13.7. The van der Waals surface area contributed by atoms with Gasteiger partial charge >= 0.3 is 0 Å². The Balaban J connectivity index is 0.000000335. The van der Waals surface area contributed by atoms with Crippen LogP contribution in [0.4, 0.5) is 23.5 Å². The fourth-order valence-corrected chi connectivity index (χ4v) is 4.45. The van der Waals surface area contributed by atoms with Crippen LogP contribution in [0.2, 0.25) is 0 Å². The molecule has 0 bridgehead atoms. The lowest BCUT2D eigenvalue weighted by atomic mass is 10.3. The molecule has 0 radical (unpaired) electrons. The molecule has 0 saturated carbocycles. The number of ether oxygens (including phenoxy) is 2. The third-order valence-corrected chi connectivity index (χ3v) is 8.63. The van der Waals surface area contributed by atoms with Gasteiger partial charge in [-0.1, -0.05) is 13.8 Å². The molecular weight excluding hydrogens is 873 g/mol. The van der Waals surface area contributed by atoms with Crippen molar-refractivity contribution in [3.05, 3.63) is 105 Å². The molecule has 23 heteroatoms. The molecule has 0 aliphatic carbocycles. The van der Waals surface area contributed by atoms with Crippen LogP contribution in [-0.2, 0) is 9.84 Å². The first-order chi connectivity index (χ1) is 30.0. The predicted octanol–water partition coefficient (Wildman–Crippen LogP) is 4.85. The van der Waals surface area contributed by atoms with Crippen molar-refractivity contribution in [2.75, 3.05) is 24.8 Å². The number of fused-ring (bicyclic) bond motifs is 2. The van der Waals surface area contributed by atoms with Gasteiger partial charge in [0.25, 0.3) is 11.1 Å². The number of H-pyrrole nitrogens is 2. The molecule has 0 amide bonds. The Morgan fingerprint density at radius 3 is 1.47 bits per heavy atom. The number of anilines is 1. The van der Waals surface area contributed by atoms with Gasteiger partial charge in [-0.25, -0.2) is 40.9 Å². The molecule has 0 spiro atoms. The van der Waals surface area contributed by atoms with E-state index in [1.807, 2.05) is 13.8 Å². The maximum Gasteiger partial charge on any atom is 0.292 e. The molecule has 4 atom stereocenters. The number of halogens is 4. The number of hydrogen-bond acceptors (Lipinski definition) is 16. The zero-order valence-electron chi connectivity index (χ0n) is 35.9. The van der Waals surface area contributed by atoms with Crippen molar-refractivity contribution in [2.24, 2.45) is 5.73 Å². The molecule has 0 fully saturated rings. The number of rotatable bonds is 11. The van der Waals surface area contributed by atoms with Crippen LogP contribution in [0.1, 0.15) is 54.4 Å². The van der Waals surface area contributed by atoms with Crippen LogP contribution in [0.3, 0.4) is 0 Å². The molecule has 0 aliphatic heterocycles. The average molecular weight is 925 g/mol. The van der Waals surface area contributed by atoms with Gasteiger partial charge in [0.15, 0.2) is 34.6 Å². The van der Waals surface area contributed by atoms with Gasteiger partial charge in [0.05, 0.1) is 25.4 Å². The topological polar surface area (TPSA) is 289 Å². The summed E-state index contributed by atoms with van der Waals surface area (Å²) in [5.41, 5.74) is 3.89. The summed E-state index contributed by atoms with van der Waals surface area (Å²) in [6.45, 7) is 10.9. The van der Waals surface area contributed by atoms with E-state index < -0.39 is 49.4 Å². The Hall–Kier alpha value is -6.11. The molecule has 6 aromatic rings. The van der Waals surface area contributed by atoms with Gasteiger partial charge in [0.2, 0.25) is 20.9 Å². The van der Waals surface area contributed by atoms with Gasteiger partial charge in [0, 0.05) is 53.6 Å². The third kappa shape index (κ3) is 18.3. The molecule has 64 heavy (non-hydrogen) atoms. The first-order valence-corrected chi connectivity index (χ1v) is 21.3. The summed E-state index contributed by atoms with van der Waals surface area (Å²) in [4.78, 5) is 44.6. The smallest absolute Gasteiger partial charge is 0.292 e. The first kappa shape index (κ1) is 54.0. The minimum atomic E-state index is -3.64. The van der Waals surface area contributed by atoms with E-state index in [1.165, 1.54) is 24.5 Å². The van der Waals surface area contributed by atoms with Gasteiger partial charge in [0.1, 0.15) is 22.9 Å². The Bertz CT molecular complexity index is 2630. The molecule has 350 valence electrons. The lowest BCUT2D eigenvalue weighted by molar-refractivity contribution is 0.190. The summed E-state index contributed by atoms with van der Waals surface area (Å²) in [5, 5.41) is 36.9. The van der Waals surface area contributed by atoms with Crippen molar-refractivity contribution in [3.8, 4) is 23.0 Å². The first-order valence-electron chi connectivity index (χ1n) is 19.4. The van der Waals surface area contributed by atoms with E-state index in [0.717, 1.165) is 43.4 Å². The standard InChI is InChI=1S/C16H14F2N4O3.C14H9F2N3O4S.2C4H10O.C3H9NO/c1-8(7-23)20-16-19-6-9-4-13(15(24)21-14(9)22-16)25-12-3-2-10(17)5-11(12)18;1-24(21,22)14-17-6-7-4-11(13(20)18-12(7)19-14)23-10-3-2-8(15)5-9(10)16;2*1-3-4(2)5;1-3(4)2-5/h2-6,8,23H,7H2,1H3,(H2,19,20,21,22,24);2-6H,1H3,(H,17,18,19,20);2*4-5H,3H2,1-2H3;3,5H,2,4H2,1H3/t8-;;2*4-;3-/m0.000/s1. The lowest BCUT2D eigenvalue weighted by Gasteiger charge is -2.11. The fourth-order valence-electron chi connectivity index (χ4n) is 3.95. The lowest BCUT2D eigenvalue weighted by Crippen LogP contribution is -2.21. The van der Waals surface area contributed by atoms with Crippen LogP contribution in [0.25, 0.3) is 22.1 Å². The number of aliphatic hydroxyl groups excluding tert-OH is 4. The molecule has 0 unspecified atom stereocenters. The number of aromatic amines is 2. The second kappa shape index (κ2) is 25.9. The highest BCUT2D eigenvalue weighted by atomic mass is 32.2. The Morgan fingerprint density at radius 2 is 1.11 bits per heavy atom. The van der Waals surface area contributed by atoms with E-state index in [2.05, 4.69) is 35.2 Å². The molecule has 0 aliphatic rings. The van der Waals surface area contributed by atoms with E-state index >= 15 is 0 Å². The van der Waals surface area contributed by atoms with Gasteiger partial charge in [-0.05, 0) is 76.9 Å². The van der Waals surface area contributed by atoms with E-state index in [9.17, 15) is 35.6 Å². The molecule has 4 heterocycles. The number of sulfone groups is 1. The van der Waals surface area contributed by atoms with Crippen molar-refractivity contribution in [2.45, 2.75) is 83.8 Å². The molecular formula is C41H52F4N8O10S. The van der Waals surface area contributed by atoms with Crippen molar-refractivity contribution in [3.63, 3.8) is 0 Å². The SMILES string of the molecule is CC[C@H](C)O.CC[C@H](C)O.CS(=O)(=O)c1ncc2cc(Oc3ccc(F)cc3F)c(=O)[nH]c2n1.C[C@@H](CO)Nc1ncc2cc(Oc3ccc(F)cc3F)c(=O)[nH]c2n1.C[C@H](N)CO. The summed E-state index contributed by atoms with van der Waals surface area (Å²) in [6, 6.07) is 7.68. The zero-order chi connectivity index (χ0) is 48.3. The number of hydrogen-bond donors (Lipinski definition) is 8. The monoisotopic (exact) mass is 924 g/mol. The van der Waals surface area contributed by atoms with Crippen LogP contribution in [0.15, 0.2) is 75.7 Å². The minimum absolute atomic E-state index is 0.0117. The molecule has 4 aromatic heterocycles. The van der Waals surface area contributed by atoms with Crippen LogP contribution in [0.5, 0.6) is 23.0 Å². The Kier molecular flexibility index (Phi) is 21.8. The van der Waals surface area contributed by atoms with Crippen molar-refractivity contribution >= 4 is 37.9 Å². The quantitative estimate of drug-likeness (QED) is 0.0636. The van der Waals surface area contributed by atoms with Crippen molar-refractivity contribution < 1.29 is 55.9 Å². The average Bonchev–Trinajstić information content (AvgIpc) is 3.23. The number of benzene rings is 2. The van der Waals surface area contributed by atoms with Gasteiger partial charge in [-0.15, -0.1) is 0 Å². The number of nitrogens with two attached hydrogens (primary N) is 1. The van der Waals surface area contributed by atoms with Gasteiger partial charge in [-0.2, -0.15) is 4.98 Å². The van der Waals surface area contributed by atoms with Crippen molar-refractivity contribution in [1.29, 1.82) is 0 Å². The fraction of sp³-hybridized carbons (Fsp3) is 0.366. The number of nitrogens with one attached hydrogen (secondary N) is 3. The maximum atomic E-state index is 13.7. The van der Waals surface area contributed by atoms with E-state index in [1.54, 1.807) is 27.7 Å². The molecule has 9 N–H and O–H groups in total. The summed E-state index contributed by atoms with van der Waals surface area (Å²) in [7, 11) is -3.64. The number of nitrogens with zero attached hydrogens (tertiary/aromatic N) is 4. The Morgan fingerprint density at radius 1 is 0.703 bits per heavy atom. The minimum Gasteiger partial charge on any atom is -0.448 e. The molecule has 2 aromatic carbocycles. The molecule has 6 rings (SSSR count). The van der Waals surface area contributed by atoms with Gasteiger partial charge in [-0.3, -0.25) is 9.59 Å². The highest BCUT2D eigenvalue weighted by molar-refractivity contribution is 7.90. The summed E-state index contributed by atoms with van der Waals surface area (Å²) >= 11 is 0. The number of pyridine rings is 2. The summed E-state index contributed by atoms with van der Waals surface area (Å²) in [5.74, 6) is -4.25. The number of aliphatic hydroxyl groups is 4. The third-order valence-electron chi connectivity index (χ3n) is 7.77. The Labute approximate surface area is 365 Å². The largest absolute Gasteiger partial charge is 0.448 e. The van der Waals surface area contributed by atoms with Crippen LogP contribution < -0.4 is 31.6 Å². The second-order valence-electron chi connectivity index (χ2n) is 13.9. The van der Waals surface area contributed by atoms with Gasteiger partial charge < -0.3 is 50.9 Å². The highest BCUT2D eigenvalue weighted by Gasteiger charge is 2.16. The van der Waals surface area contributed by atoms with E-state index in [-0.39, 0.29) is 83.1 Å². The summed E-state index contributed by atoms with van der Waals surface area (Å²) < 4.78 is 86.3. The second-order valence-corrected chi connectivity index (χ2v) is 15.8. The van der Waals surface area contributed by atoms with Crippen LogP contribution >= 0.6 is 0 Å². The predicted molar refractivity (Wildman–Crippen MR) is 231 cm³/mol. The summed E-state index contributed by atoms with van der Waals surface area (Å²) in [6.07, 6.45) is 5.05. The molecule has 18 nitrogen and oxygen atoms in total. The molecule has 0 saturated heterocycles.